The van der Waals surface area contributed by atoms with E-state index < -0.39 is 70.8 Å². The van der Waals surface area contributed by atoms with Crippen LogP contribution in [0.25, 0.3) is 0 Å². The van der Waals surface area contributed by atoms with E-state index in [0.717, 1.165) is 29.1 Å². The molecule has 0 spiro atoms. The van der Waals surface area contributed by atoms with Gasteiger partial charge in [0.2, 0.25) is 0 Å². The molecule has 1 N–H and O–H groups in total. The van der Waals surface area contributed by atoms with Gasteiger partial charge in [-0.1, -0.05) is 6.07 Å². The van der Waals surface area contributed by atoms with E-state index in [1.54, 1.807) is 0 Å². The lowest BCUT2D eigenvalue weighted by Crippen LogP contribution is -2.21. The van der Waals surface area contributed by atoms with E-state index >= 15 is 0 Å². The maximum absolute atomic E-state index is 13.9. The number of hydrogen-bond donors (Lipinski definition) is 1. The standard InChI is InChI=1S/C19H9F10N3O2/c20-12-11(19(27,28)29)13(21)15(23)16(14(12)22)30-17(33)10-4-5-32(31-10)7-34-9-3-1-2-8(6-9)18(24,25)26/h1-6H,7H2,(H,30,33). The van der Waals surface area contributed by atoms with Gasteiger partial charge in [-0.3, -0.25) is 4.79 Å². The van der Waals surface area contributed by atoms with E-state index in [4.69, 9.17) is 4.74 Å². The molecule has 15 heteroatoms. The van der Waals surface area contributed by atoms with Crippen LogP contribution < -0.4 is 10.1 Å². The van der Waals surface area contributed by atoms with E-state index in [0.29, 0.717) is 6.07 Å². The van der Waals surface area contributed by atoms with Gasteiger partial charge in [0.25, 0.3) is 5.91 Å². The Bertz CT molecular complexity index is 1210. The summed E-state index contributed by atoms with van der Waals surface area (Å²) in [6.45, 7) is -0.527. The topological polar surface area (TPSA) is 56.2 Å². The number of carbonyl (C=O) groups is 1. The number of nitrogens with zero attached hydrogens (tertiary/aromatic N) is 2. The SMILES string of the molecule is O=C(Nc1c(F)c(F)c(C(F)(F)F)c(F)c1F)c1ccn(COc2cccc(C(F)(F)F)c2)n1. The van der Waals surface area contributed by atoms with Gasteiger partial charge in [0.15, 0.2) is 35.7 Å². The second-order valence-electron chi connectivity index (χ2n) is 6.50. The van der Waals surface area contributed by atoms with Gasteiger partial charge in [0, 0.05) is 6.20 Å². The van der Waals surface area contributed by atoms with Crippen LogP contribution in [0.1, 0.15) is 21.6 Å². The number of rotatable bonds is 5. The summed E-state index contributed by atoms with van der Waals surface area (Å²) in [6.07, 6.45) is -9.32. The van der Waals surface area contributed by atoms with Crippen LogP contribution in [-0.2, 0) is 19.1 Å². The molecule has 3 rings (SSSR count). The molecule has 0 fully saturated rings. The summed E-state index contributed by atoms with van der Waals surface area (Å²) >= 11 is 0. The van der Waals surface area contributed by atoms with Crippen LogP contribution in [0.3, 0.4) is 0 Å². The molecule has 0 bridgehead atoms. The minimum Gasteiger partial charge on any atom is -0.471 e. The van der Waals surface area contributed by atoms with Crippen molar-refractivity contribution in [2.45, 2.75) is 19.1 Å². The van der Waals surface area contributed by atoms with Crippen LogP contribution in [0.2, 0.25) is 0 Å². The Balaban J connectivity index is 1.76. The lowest BCUT2D eigenvalue weighted by molar-refractivity contribution is -0.143. The molecule has 182 valence electrons. The third kappa shape index (κ3) is 5.07. The first kappa shape index (κ1) is 24.9. The molecule has 34 heavy (non-hydrogen) atoms. The molecular formula is C19H9F10N3O2. The van der Waals surface area contributed by atoms with Gasteiger partial charge in [-0.25, -0.2) is 22.2 Å². The highest BCUT2D eigenvalue weighted by atomic mass is 19.4. The van der Waals surface area contributed by atoms with Crippen LogP contribution in [0.4, 0.5) is 49.6 Å². The monoisotopic (exact) mass is 501 g/mol. The summed E-state index contributed by atoms with van der Waals surface area (Å²) in [4.78, 5) is 12.1. The molecule has 0 atom stereocenters. The fourth-order valence-corrected chi connectivity index (χ4v) is 2.63. The zero-order chi connectivity index (χ0) is 25.4. The molecular weight excluding hydrogens is 492 g/mol. The second-order valence-corrected chi connectivity index (χ2v) is 6.50. The van der Waals surface area contributed by atoms with Crippen molar-refractivity contribution in [3.63, 3.8) is 0 Å². The van der Waals surface area contributed by atoms with Crippen LogP contribution in [-0.4, -0.2) is 15.7 Å². The lowest BCUT2D eigenvalue weighted by atomic mass is 10.1. The lowest BCUT2D eigenvalue weighted by Gasteiger charge is -2.14. The molecule has 0 unspecified atom stereocenters. The third-order valence-electron chi connectivity index (χ3n) is 4.18. The Hall–Kier alpha value is -3.78. The number of halogens is 10. The van der Waals surface area contributed by atoms with Gasteiger partial charge in [0.05, 0.1) is 5.56 Å². The molecule has 0 saturated heterocycles. The van der Waals surface area contributed by atoms with Crippen molar-refractivity contribution in [3.05, 3.63) is 76.6 Å². The number of nitrogens with one attached hydrogen (secondary N) is 1. The minimum atomic E-state index is -5.75. The van der Waals surface area contributed by atoms with E-state index in [9.17, 15) is 48.7 Å². The predicted octanol–water partition coefficient (Wildman–Crippen LogP) is 5.77. The van der Waals surface area contributed by atoms with Gasteiger partial charge in [-0.05, 0) is 24.3 Å². The Labute approximate surface area is 182 Å². The highest BCUT2D eigenvalue weighted by Gasteiger charge is 2.42. The van der Waals surface area contributed by atoms with Crippen molar-refractivity contribution in [1.29, 1.82) is 0 Å². The molecule has 2 aromatic carbocycles. The van der Waals surface area contributed by atoms with E-state index in [1.165, 1.54) is 11.4 Å². The number of aromatic nitrogens is 2. The first-order chi connectivity index (χ1) is 15.7. The molecule has 3 aromatic rings. The Morgan fingerprint density at radius 3 is 2.09 bits per heavy atom. The number of hydrogen-bond acceptors (Lipinski definition) is 3. The number of carbonyl (C=O) groups excluding carboxylic acids is 1. The molecule has 0 saturated carbocycles. The average molecular weight is 501 g/mol. The van der Waals surface area contributed by atoms with Crippen LogP contribution in [0.5, 0.6) is 5.75 Å². The summed E-state index contributed by atoms with van der Waals surface area (Å²) in [5, 5.41) is 4.99. The molecule has 1 aromatic heterocycles. The number of alkyl halides is 6. The molecule has 5 nitrogen and oxygen atoms in total. The van der Waals surface area contributed by atoms with Crippen molar-refractivity contribution >= 4 is 11.6 Å². The van der Waals surface area contributed by atoms with E-state index in [2.05, 4.69) is 5.10 Å². The largest absolute Gasteiger partial charge is 0.471 e. The van der Waals surface area contributed by atoms with Crippen molar-refractivity contribution < 1.29 is 53.4 Å². The summed E-state index contributed by atoms with van der Waals surface area (Å²) in [5.74, 6) is -12.2. The average Bonchev–Trinajstić information content (AvgIpc) is 3.22. The van der Waals surface area contributed by atoms with Gasteiger partial charge in [-0.15, -0.1) is 0 Å². The summed E-state index contributed by atoms with van der Waals surface area (Å²) in [6, 6.07) is 4.69. The number of ether oxygens (including phenoxy) is 1. The number of amides is 1. The second kappa shape index (κ2) is 8.87. The predicted molar refractivity (Wildman–Crippen MR) is 93.5 cm³/mol. The Morgan fingerprint density at radius 1 is 0.912 bits per heavy atom. The summed E-state index contributed by atoms with van der Waals surface area (Å²) in [7, 11) is 0. The van der Waals surface area contributed by atoms with Gasteiger partial charge in [-0.2, -0.15) is 31.4 Å². The number of benzene rings is 2. The number of anilines is 1. The molecule has 0 aliphatic rings. The first-order valence-corrected chi connectivity index (χ1v) is 8.78. The zero-order valence-electron chi connectivity index (χ0n) is 16.2. The quantitative estimate of drug-likeness (QED) is 0.357. The van der Waals surface area contributed by atoms with Crippen molar-refractivity contribution in [3.8, 4) is 5.75 Å². The smallest absolute Gasteiger partial charge is 0.422 e. The zero-order valence-corrected chi connectivity index (χ0v) is 16.2. The normalized spacial score (nSPS) is 12.1. The maximum Gasteiger partial charge on any atom is 0.422 e. The fourth-order valence-electron chi connectivity index (χ4n) is 2.63. The molecule has 0 radical (unpaired) electrons. The van der Waals surface area contributed by atoms with Gasteiger partial charge < -0.3 is 10.1 Å². The Kier molecular flexibility index (Phi) is 6.48. The van der Waals surface area contributed by atoms with E-state index in [-0.39, 0.29) is 5.75 Å². The van der Waals surface area contributed by atoms with E-state index in [1.807, 2.05) is 0 Å². The van der Waals surface area contributed by atoms with Crippen molar-refractivity contribution in [2.24, 2.45) is 0 Å². The molecule has 0 aliphatic carbocycles. The van der Waals surface area contributed by atoms with Crippen LogP contribution in [0.15, 0.2) is 36.5 Å². The summed E-state index contributed by atoms with van der Waals surface area (Å²) in [5.41, 5.74) is -6.24. The minimum absolute atomic E-state index is 0.212. The molecule has 1 heterocycles. The van der Waals surface area contributed by atoms with Gasteiger partial charge in [0.1, 0.15) is 17.0 Å². The van der Waals surface area contributed by atoms with Gasteiger partial charge >= 0.3 is 12.4 Å². The summed E-state index contributed by atoms with van der Waals surface area (Å²) < 4.78 is 137. The Morgan fingerprint density at radius 2 is 1.53 bits per heavy atom. The first-order valence-electron chi connectivity index (χ1n) is 8.78. The van der Waals surface area contributed by atoms with Crippen LogP contribution in [0, 0.1) is 23.3 Å². The maximum atomic E-state index is 13.9. The fraction of sp³-hybridized carbons (Fsp3) is 0.158. The molecule has 1 amide bonds. The molecule has 0 aliphatic heterocycles. The third-order valence-corrected chi connectivity index (χ3v) is 4.18. The van der Waals surface area contributed by atoms with Crippen LogP contribution >= 0.6 is 0 Å². The highest BCUT2D eigenvalue weighted by molar-refractivity contribution is 6.03. The van der Waals surface area contributed by atoms with Crippen molar-refractivity contribution in [1.82, 2.24) is 9.78 Å². The highest BCUT2D eigenvalue weighted by Crippen LogP contribution is 2.38. The van der Waals surface area contributed by atoms with Crippen molar-refractivity contribution in [2.75, 3.05) is 5.32 Å².